The van der Waals surface area contributed by atoms with Crippen LogP contribution in [0.3, 0.4) is 0 Å². The minimum Gasteiger partial charge on any atom is -0.652 e. The SMILES string of the molecule is O=C([O-])[O-].O=C([O-])[O-].O=C([O-])[O-].O=C([O-])[O-].O=C([O-])[O-].O=C([O-])[O-].O=C([O-])[O-].O=C([O-])[O-].O=C([O-])[O-].[Ca+2].[Ca+2].[Fe+3].[Fe+3].[Mg+2].[Mg+2].[Mn+2].[Mn+2]. The van der Waals surface area contributed by atoms with E-state index < -0.39 is 55.4 Å². The number of hydrogen-bond donors (Lipinski definition) is 0. The Hall–Kier alpha value is -0.440. The van der Waals surface area contributed by atoms with E-state index in [2.05, 4.69) is 0 Å². The van der Waals surface area contributed by atoms with E-state index in [1.807, 2.05) is 0 Å². The number of rotatable bonds is 0. The van der Waals surface area contributed by atoms with Gasteiger partial charge in [0.25, 0.3) is 0 Å². The first kappa shape index (κ1) is 112. The summed E-state index contributed by atoms with van der Waals surface area (Å²) < 4.78 is 0. The Labute approximate surface area is 375 Å². The molecule has 0 aliphatic heterocycles. The van der Waals surface area contributed by atoms with Gasteiger partial charge >= 0.3 is 190 Å². The van der Waals surface area contributed by atoms with Gasteiger partial charge in [0.05, 0.1) is 0 Å². The van der Waals surface area contributed by atoms with Crippen LogP contribution in [-0.4, -0.2) is 177 Å². The monoisotopic (exact) mass is 890 g/mol. The second kappa shape index (κ2) is 104. The second-order valence-corrected chi connectivity index (χ2v) is 2.25. The fourth-order valence-corrected chi connectivity index (χ4v) is 0. The van der Waals surface area contributed by atoms with Crippen molar-refractivity contribution in [1.29, 1.82) is 0 Å². The van der Waals surface area contributed by atoms with Crippen molar-refractivity contribution >= 4 is 177 Å². The molecular weight excluding hydrogens is 890 g/mol. The van der Waals surface area contributed by atoms with Crippen LogP contribution in [0.25, 0.3) is 0 Å². The molecule has 0 N–H and O–H groups in total. The molecule has 0 bridgehead atoms. The van der Waals surface area contributed by atoms with E-state index in [9.17, 15) is 0 Å². The first-order chi connectivity index (χ1) is 15.6. The normalized spacial score (nSPS) is 4.91. The quantitative estimate of drug-likeness (QED) is 0.204. The first-order valence-electron chi connectivity index (χ1n) is 5.51. The zero-order valence-corrected chi connectivity index (χ0v) is 31.6. The van der Waals surface area contributed by atoms with Crippen molar-refractivity contribution < 1.29 is 203 Å². The molecule has 0 aliphatic carbocycles. The van der Waals surface area contributed by atoms with Gasteiger partial charge < -0.3 is 135 Å². The molecule has 44 heavy (non-hydrogen) atoms. The van der Waals surface area contributed by atoms with Crippen molar-refractivity contribution in [2.24, 2.45) is 0 Å². The molecule has 0 aliphatic rings. The molecule has 27 nitrogen and oxygen atoms in total. The molecule has 4 radical (unpaired) electrons. The molecule has 0 saturated heterocycles. The van der Waals surface area contributed by atoms with Crippen molar-refractivity contribution in [3.8, 4) is 0 Å². The summed E-state index contributed by atoms with van der Waals surface area (Å²) in [5.41, 5.74) is 0. The topological polar surface area (TPSA) is 569 Å². The molecule has 0 aromatic heterocycles. The number of carbonyl (C=O) groups excluding carboxylic acids is 9. The Morgan fingerprint density at radius 3 is 0.227 bits per heavy atom. The molecule has 0 saturated carbocycles. The van der Waals surface area contributed by atoms with Crippen LogP contribution in [0.2, 0.25) is 0 Å². The van der Waals surface area contributed by atoms with Crippen molar-refractivity contribution in [2.45, 2.75) is 0 Å². The van der Waals surface area contributed by atoms with Gasteiger partial charge in [-0.05, 0) is 55.4 Å². The fraction of sp³-hybridized carbons (Fsp3) is 0. The van der Waals surface area contributed by atoms with Gasteiger partial charge in [0.15, 0.2) is 0 Å². The number of carbonyl (C=O) groups is 9. The zero-order valence-electron chi connectivity index (χ0n) is 19.8. The predicted molar refractivity (Wildman–Crippen MR) is 71.6 cm³/mol. The van der Waals surface area contributed by atoms with Crippen LogP contribution in [0.4, 0.5) is 43.2 Å². The van der Waals surface area contributed by atoms with E-state index in [-0.39, 0.29) is 190 Å². The van der Waals surface area contributed by atoms with E-state index in [1.165, 1.54) is 0 Å². The number of carboxylic acid groups (broad SMARTS) is 18. The third-order valence-electron chi connectivity index (χ3n) is 0. The van der Waals surface area contributed by atoms with Crippen LogP contribution in [0.1, 0.15) is 0 Å². The van der Waals surface area contributed by atoms with Gasteiger partial charge in [-0.1, -0.05) is 0 Å². The summed E-state index contributed by atoms with van der Waals surface area (Å²) in [5, 5.41) is 150. The molecule has 0 heterocycles. The Balaban J connectivity index is -0.0000000121. The van der Waals surface area contributed by atoms with Gasteiger partial charge in [0.2, 0.25) is 0 Å². The maximum atomic E-state index is 8.33. The van der Waals surface area contributed by atoms with Crippen molar-refractivity contribution in [3.05, 3.63) is 0 Å². The van der Waals surface area contributed by atoms with Gasteiger partial charge in [-0.25, -0.2) is 0 Å². The molecule has 0 aromatic rings. The summed E-state index contributed by atoms with van der Waals surface area (Å²) in [7, 11) is 0. The van der Waals surface area contributed by atoms with Crippen LogP contribution >= 0.6 is 0 Å². The smallest absolute Gasteiger partial charge is 0.652 e. The van der Waals surface area contributed by atoms with Crippen molar-refractivity contribution in [2.75, 3.05) is 0 Å². The third kappa shape index (κ3) is 353000. The molecule has 35 heteroatoms. The summed E-state index contributed by atoms with van der Waals surface area (Å²) in [4.78, 5) is 75.0. The zero-order chi connectivity index (χ0) is 32.2. The molecule has 0 fully saturated rings. The maximum absolute atomic E-state index is 8.33. The van der Waals surface area contributed by atoms with Crippen LogP contribution in [-0.2, 0) is 68.3 Å². The first-order valence-corrected chi connectivity index (χ1v) is 5.51. The van der Waals surface area contributed by atoms with Gasteiger partial charge in [-0.15, -0.1) is 0 Å². The standard InChI is InChI=1S/9CH2O3.2Ca.2Fe.2Mg.2Mn/c9*2-1(3)4;;;;;;;;/h9*(H2,2,3,4);;;;;;;;/q;;;;;;;;;2*+2;2*+3;4*+2/p-18. The summed E-state index contributed by atoms with van der Waals surface area (Å²) in [5.74, 6) is 0. The largest absolute Gasteiger partial charge is 3.00 e. The van der Waals surface area contributed by atoms with Crippen LogP contribution in [0, 0.1) is 0 Å². The third-order valence-corrected chi connectivity index (χ3v) is 0. The van der Waals surface area contributed by atoms with E-state index in [0.29, 0.717) is 0 Å². The van der Waals surface area contributed by atoms with E-state index in [4.69, 9.17) is 135 Å². The Morgan fingerprint density at radius 1 is 0.227 bits per heavy atom. The van der Waals surface area contributed by atoms with Crippen molar-refractivity contribution in [3.63, 3.8) is 0 Å². The van der Waals surface area contributed by atoms with E-state index in [1.54, 1.807) is 0 Å². The summed E-state index contributed by atoms with van der Waals surface area (Å²) in [6.45, 7) is 0. The molecule has 0 rings (SSSR count). The van der Waals surface area contributed by atoms with Crippen molar-refractivity contribution in [1.82, 2.24) is 0 Å². The minimum atomic E-state index is -2.33. The average molecular weight is 890 g/mol. The van der Waals surface area contributed by atoms with Gasteiger partial charge in [0.1, 0.15) is 0 Å². The van der Waals surface area contributed by atoms with Crippen LogP contribution in [0.15, 0.2) is 0 Å². The molecule has 0 amide bonds. The molecular formula is C9Ca2Fe2Mg2Mn2O27. The molecule has 0 spiro atoms. The summed E-state index contributed by atoms with van der Waals surface area (Å²) >= 11 is 0. The van der Waals surface area contributed by atoms with Crippen LogP contribution < -0.4 is 91.9 Å². The molecule has 236 valence electrons. The maximum Gasteiger partial charge on any atom is 3.00 e. The minimum absolute atomic E-state index is 0. The summed E-state index contributed by atoms with van der Waals surface area (Å²) in [6.07, 6.45) is -21.0. The average Bonchev–Trinajstić information content (AvgIpc) is 2.39. The molecule has 0 unspecified atom stereocenters. The van der Waals surface area contributed by atoms with E-state index in [0.717, 1.165) is 0 Å². The second-order valence-electron chi connectivity index (χ2n) is 2.25. The Bertz CT molecular complexity index is 454. The van der Waals surface area contributed by atoms with Gasteiger partial charge in [-0.3, -0.25) is 0 Å². The molecule has 0 aromatic carbocycles. The summed E-state index contributed by atoms with van der Waals surface area (Å²) in [6, 6.07) is 0. The van der Waals surface area contributed by atoms with Gasteiger partial charge in [0, 0.05) is 0 Å². The fourth-order valence-electron chi connectivity index (χ4n) is 0. The Morgan fingerprint density at radius 2 is 0.227 bits per heavy atom. The number of hydrogen-bond acceptors (Lipinski definition) is 27. The van der Waals surface area contributed by atoms with E-state index >= 15 is 0 Å². The Kier molecular flexibility index (Phi) is 265. The van der Waals surface area contributed by atoms with Gasteiger partial charge in [-0.2, -0.15) is 0 Å². The predicted octanol–water partition coefficient (Wildman–Crippen LogP) is -23.6. The van der Waals surface area contributed by atoms with Crippen LogP contribution in [0.5, 0.6) is 0 Å². The molecule has 0 atom stereocenters.